The summed E-state index contributed by atoms with van der Waals surface area (Å²) >= 11 is 0. The van der Waals surface area contributed by atoms with Gasteiger partial charge in [0.2, 0.25) is 0 Å². The molecular formula is C12H11NO4. The van der Waals surface area contributed by atoms with E-state index in [0.29, 0.717) is 5.52 Å². The van der Waals surface area contributed by atoms with Crippen molar-refractivity contribution in [1.29, 1.82) is 0 Å². The van der Waals surface area contributed by atoms with Crippen LogP contribution in [0.5, 0.6) is 0 Å². The average molecular weight is 233 g/mol. The Kier molecular flexibility index (Phi) is 2.82. The first kappa shape index (κ1) is 11.2. The van der Waals surface area contributed by atoms with Crippen LogP contribution in [-0.4, -0.2) is 28.7 Å². The molecule has 0 saturated carbocycles. The number of aromatic carboxylic acids is 1. The van der Waals surface area contributed by atoms with Gasteiger partial charge >= 0.3 is 11.9 Å². The Morgan fingerprint density at radius 2 is 2.12 bits per heavy atom. The van der Waals surface area contributed by atoms with Crippen molar-refractivity contribution >= 4 is 22.8 Å². The summed E-state index contributed by atoms with van der Waals surface area (Å²) in [6.45, 7) is 0.0725. The van der Waals surface area contributed by atoms with Crippen LogP contribution in [0.3, 0.4) is 0 Å². The van der Waals surface area contributed by atoms with E-state index in [2.05, 4.69) is 4.74 Å². The standard InChI is InChI=1S/C12H11NO4/c1-17-11(14)7-13-5-4-8-2-3-9(12(15)16)6-10(8)13/h2-6H,7H2,1H3,(H,15,16). The highest BCUT2D eigenvalue weighted by Crippen LogP contribution is 2.17. The third-order valence-electron chi connectivity index (χ3n) is 2.55. The summed E-state index contributed by atoms with van der Waals surface area (Å²) in [4.78, 5) is 22.0. The van der Waals surface area contributed by atoms with Gasteiger partial charge in [0.25, 0.3) is 0 Å². The molecule has 2 aromatic rings. The predicted molar refractivity (Wildman–Crippen MR) is 60.9 cm³/mol. The molecule has 0 aliphatic rings. The Morgan fingerprint density at radius 1 is 1.35 bits per heavy atom. The SMILES string of the molecule is COC(=O)Cn1ccc2ccc(C(=O)O)cc21. The summed E-state index contributed by atoms with van der Waals surface area (Å²) in [6.07, 6.45) is 1.73. The molecule has 2 rings (SSSR count). The first-order valence-electron chi connectivity index (χ1n) is 5.01. The van der Waals surface area contributed by atoms with Crippen LogP contribution in [0, 0.1) is 0 Å². The summed E-state index contributed by atoms with van der Waals surface area (Å²) in [5.74, 6) is -1.36. The Bertz CT molecular complexity index is 585. The number of rotatable bonds is 3. The van der Waals surface area contributed by atoms with Crippen molar-refractivity contribution in [3.63, 3.8) is 0 Å². The largest absolute Gasteiger partial charge is 0.478 e. The van der Waals surface area contributed by atoms with E-state index in [-0.39, 0.29) is 18.1 Å². The molecule has 5 nitrogen and oxygen atoms in total. The second kappa shape index (κ2) is 4.29. The molecule has 0 spiro atoms. The molecule has 0 unspecified atom stereocenters. The third-order valence-corrected chi connectivity index (χ3v) is 2.55. The molecule has 0 fully saturated rings. The van der Waals surface area contributed by atoms with Gasteiger partial charge in [0.05, 0.1) is 12.7 Å². The van der Waals surface area contributed by atoms with Crippen LogP contribution in [0.15, 0.2) is 30.5 Å². The molecule has 0 atom stereocenters. The molecule has 5 heteroatoms. The van der Waals surface area contributed by atoms with Gasteiger partial charge in [-0.25, -0.2) is 4.79 Å². The lowest BCUT2D eigenvalue weighted by Crippen LogP contribution is -2.10. The molecule has 88 valence electrons. The van der Waals surface area contributed by atoms with Crippen molar-refractivity contribution < 1.29 is 19.4 Å². The van der Waals surface area contributed by atoms with Gasteiger partial charge in [-0.1, -0.05) is 6.07 Å². The van der Waals surface area contributed by atoms with Crippen molar-refractivity contribution in [2.45, 2.75) is 6.54 Å². The monoisotopic (exact) mass is 233 g/mol. The van der Waals surface area contributed by atoms with Gasteiger partial charge in [0.15, 0.2) is 0 Å². The minimum absolute atomic E-state index is 0.0725. The van der Waals surface area contributed by atoms with Crippen molar-refractivity contribution in [3.8, 4) is 0 Å². The zero-order chi connectivity index (χ0) is 12.4. The number of carbonyl (C=O) groups is 2. The summed E-state index contributed by atoms with van der Waals surface area (Å²) < 4.78 is 6.23. The lowest BCUT2D eigenvalue weighted by atomic mass is 10.2. The number of carboxylic acid groups (broad SMARTS) is 1. The van der Waals surface area contributed by atoms with E-state index < -0.39 is 5.97 Å². The first-order valence-corrected chi connectivity index (χ1v) is 5.01. The van der Waals surface area contributed by atoms with Crippen molar-refractivity contribution in [2.75, 3.05) is 7.11 Å². The summed E-state index contributed by atoms with van der Waals surface area (Å²) in [6, 6.07) is 6.62. The summed E-state index contributed by atoms with van der Waals surface area (Å²) in [7, 11) is 1.32. The van der Waals surface area contributed by atoms with E-state index in [0.717, 1.165) is 5.39 Å². The van der Waals surface area contributed by atoms with Crippen LogP contribution in [-0.2, 0) is 16.1 Å². The lowest BCUT2D eigenvalue weighted by molar-refractivity contribution is -0.141. The van der Waals surface area contributed by atoms with E-state index >= 15 is 0 Å². The van der Waals surface area contributed by atoms with Gasteiger partial charge in [-0.15, -0.1) is 0 Å². The van der Waals surface area contributed by atoms with Crippen LogP contribution >= 0.6 is 0 Å². The number of aromatic nitrogens is 1. The smallest absolute Gasteiger partial charge is 0.335 e. The topological polar surface area (TPSA) is 68.5 Å². The number of hydrogen-bond acceptors (Lipinski definition) is 3. The highest BCUT2D eigenvalue weighted by atomic mass is 16.5. The number of esters is 1. The minimum Gasteiger partial charge on any atom is -0.478 e. The number of ether oxygens (including phenoxy) is 1. The Labute approximate surface area is 97.2 Å². The Hall–Kier alpha value is -2.30. The minimum atomic E-state index is -0.988. The molecule has 0 aliphatic carbocycles. The van der Waals surface area contributed by atoms with Crippen LogP contribution in [0.25, 0.3) is 10.9 Å². The van der Waals surface area contributed by atoms with Crippen molar-refractivity contribution in [2.24, 2.45) is 0 Å². The third kappa shape index (κ3) is 2.13. The van der Waals surface area contributed by atoms with E-state index in [1.807, 2.05) is 6.07 Å². The van der Waals surface area contributed by atoms with Gasteiger partial charge < -0.3 is 14.4 Å². The normalized spacial score (nSPS) is 10.4. The zero-order valence-corrected chi connectivity index (χ0v) is 9.21. The molecule has 1 heterocycles. The van der Waals surface area contributed by atoms with Gasteiger partial charge in [-0.2, -0.15) is 0 Å². The fourth-order valence-electron chi connectivity index (χ4n) is 1.66. The van der Waals surface area contributed by atoms with Crippen LogP contribution < -0.4 is 0 Å². The van der Waals surface area contributed by atoms with E-state index in [1.54, 1.807) is 22.9 Å². The predicted octanol–water partition coefficient (Wildman–Crippen LogP) is 1.51. The van der Waals surface area contributed by atoms with E-state index in [1.165, 1.54) is 13.2 Å². The zero-order valence-electron chi connectivity index (χ0n) is 9.21. The highest BCUT2D eigenvalue weighted by Gasteiger charge is 2.09. The maximum atomic E-state index is 11.2. The van der Waals surface area contributed by atoms with Crippen LogP contribution in [0.1, 0.15) is 10.4 Å². The molecular weight excluding hydrogens is 222 g/mol. The van der Waals surface area contributed by atoms with Gasteiger partial charge in [-0.05, 0) is 23.6 Å². The first-order chi connectivity index (χ1) is 8.11. The molecule has 17 heavy (non-hydrogen) atoms. The molecule has 0 saturated heterocycles. The maximum absolute atomic E-state index is 11.2. The molecule has 0 amide bonds. The number of hydrogen-bond donors (Lipinski definition) is 1. The number of nitrogens with zero attached hydrogens (tertiary/aromatic N) is 1. The maximum Gasteiger partial charge on any atom is 0.335 e. The Balaban J connectivity index is 2.46. The molecule has 0 bridgehead atoms. The number of benzene rings is 1. The quantitative estimate of drug-likeness (QED) is 0.816. The lowest BCUT2D eigenvalue weighted by Gasteiger charge is -2.04. The van der Waals surface area contributed by atoms with Gasteiger partial charge in [0, 0.05) is 11.7 Å². The number of methoxy groups -OCH3 is 1. The molecule has 1 aromatic heterocycles. The number of carbonyl (C=O) groups excluding carboxylic acids is 1. The second-order valence-corrected chi connectivity index (χ2v) is 3.60. The Morgan fingerprint density at radius 3 is 2.76 bits per heavy atom. The average Bonchev–Trinajstić information content (AvgIpc) is 2.71. The van der Waals surface area contributed by atoms with Gasteiger partial charge in [-0.3, -0.25) is 4.79 Å². The van der Waals surface area contributed by atoms with Gasteiger partial charge in [0.1, 0.15) is 6.54 Å². The highest BCUT2D eigenvalue weighted by molar-refractivity contribution is 5.93. The molecule has 1 N–H and O–H groups in total. The van der Waals surface area contributed by atoms with Crippen molar-refractivity contribution in [1.82, 2.24) is 4.57 Å². The fourth-order valence-corrected chi connectivity index (χ4v) is 1.66. The molecule has 1 aromatic carbocycles. The second-order valence-electron chi connectivity index (χ2n) is 3.60. The summed E-state index contributed by atoms with van der Waals surface area (Å²) in [5.41, 5.74) is 0.901. The molecule has 0 aliphatic heterocycles. The van der Waals surface area contributed by atoms with E-state index in [9.17, 15) is 9.59 Å². The fraction of sp³-hybridized carbons (Fsp3) is 0.167. The molecule has 0 radical (unpaired) electrons. The summed E-state index contributed by atoms with van der Waals surface area (Å²) in [5, 5.41) is 9.79. The number of carboxylic acids is 1. The van der Waals surface area contributed by atoms with Crippen LogP contribution in [0.4, 0.5) is 0 Å². The van der Waals surface area contributed by atoms with Crippen LogP contribution in [0.2, 0.25) is 0 Å². The number of fused-ring (bicyclic) bond motifs is 1. The van der Waals surface area contributed by atoms with E-state index in [4.69, 9.17) is 5.11 Å². The van der Waals surface area contributed by atoms with Crippen molar-refractivity contribution in [3.05, 3.63) is 36.0 Å².